The SMILES string of the molecule is CCN1CCN(c2nc(CN)cc3ccccc23)CC1C. The molecule has 3 rings (SSSR count). The van der Waals surface area contributed by atoms with E-state index in [2.05, 4.69) is 54.0 Å². The van der Waals surface area contributed by atoms with Crippen LogP contribution in [0.5, 0.6) is 0 Å². The molecule has 0 bridgehead atoms. The number of nitrogens with zero attached hydrogens (tertiary/aromatic N) is 3. The molecular weight excluding hydrogens is 260 g/mol. The van der Waals surface area contributed by atoms with Crippen LogP contribution in [0.1, 0.15) is 19.5 Å². The average Bonchev–Trinajstić information content (AvgIpc) is 2.53. The van der Waals surface area contributed by atoms with Gasteiger partial charge in [-0.1, -0.05) is 31.2 Å². The van der Waals surface area contributed by atoms with Gasteiger partial charge in [-0.15, -0.1) is 0 Å². The molecule has 1 aliphatic heterocycles. The molecule has 0 radical (unpaired) electrons. The van der Waals surface area contributed by atoms with Gasteiger partial charge in [-0.2, -0.15) is 0 Å². The molecule has 21 heavy (non-hydrogen) atoms. The summed E-state index contributed by atoms with van der Waals surface area (Å²) in [7, 11) is 0. The third kappa shape index (κ3) is 2.74. The highest BCUT2D eigenvalue weighted by atomic mass is 15.3. The van der Waals surface area contributed by atoms with Crippen molar-refractivity contribution >= 4 is 16.6 Å². The lowest BCUT2D eigenvalue weighted by atomic mass is 10.1. The number of anilines is 1. The second-order valence-electron chi connectivity index (χ2n) is 5.79. The quantitative estimate of drug-likeness (QED) is 0.939. The number of hydrogen-bond donors (Lipinski definition) is 1. The first-order valence-electron chi connectivity index (χ1n) is 7.80. The number of fused-ring (bicyclic) bond motifs is 1. The van der Waals surface area contributed by atoms with Gasteiger partial charge in [0.15, 0.2) is 0 Å². The molecule has 1 saturated heterocycles. The van der Waals surface area contributed by atoms with Crippen LogP contribution in [0.15, 0.2) is 30.3 Å². The lowest BCUT2D eigenvalue weighted by molar-refractivity contribution is 0.199. The molecule has 1 aromatic carbocycles. The Morgan fingerprint density at radius 1 is 1.29 bits per heavy atom. The lowest BCUT2D eigenvalue weighted by Gasteiger charge is -2.40. The number of piperazine rings is 1. The smallest absolute Gasteiger partial charge is 0.136 e. The van der Waals surface area contributed by atoms with Crippen molar-refractivity contribution in [3.8, 4) is 0 Å². The van der Waals surface area contributed by atoms with E-state index < -0.39 is 0 Å². The molecule has 2 aromatic rings. The molecule has 0 aliphatic carbocycles. The Balaban J connectivity index is 1.99. The third-order valence-corrected chi connectivity index (χ3v) is 4.45. The van der Waals surface area contributed by atoms with Crippen molar-refractivity contribution in [2.75, 3.05) is 31.1 Å². The van der Waals surface area contributed by atoms with Crippen LogP contribution in [0.3, 0.4) is 0 Å². The summed E-state index contributed by atoms with van der Waals surface area (Å²) in [5, 5.41) is 2.46. The van der Waals surface area contributed by atoms with E-state index in [9.17, 15) is 0 Å². The van der Waals surface area contributed by atoms with Gasteiger partial charge in [0, 0.05) is 37.6 Å². The van der Waals surface area contributed by atoms with Gasteiger partial charge in [0.25, 0.3) is 0 Å². The van der Waals surface area contributed by atoms with E-state index in [-0.39, 0.29) is 0 Å². The van der Waals surface area contributed by atoms with Crippen molar-refractivity contribution < 1.29 is 0 Å². The normalized spacial score (nSPS) is 20.1. The molecule has 0 spiro atoms. The highest BCUT2D eigenvalue weighted by Gasteiger charge is 2.24. The van der Waals surface area contributed by atoms with E-state index >= 15 is 0 Å². The molecule has 2 N–H and O–H groups in total. The van der Waals surface area contributed by atoms with E-state index in [1.54, 1.807) is 0 Å². The van der Waals surface area contributed by atoms with Crippen molar-refractivity contribution in [1.82, 2.24) is 9.88 Å². The Morgan fingerprint density at radius 3 is 2.81 bits per heavy atom. The second-order valence-corrected chi connectivity index (χ2v) is 5.79. The molecule has 0 saturated carbocycles. The summed E-state index contributed by atoms with van der Waals surface area (Å²) in [5.74, 6) is 1.09. The Labute approximate surface area is 126 Å². The van der Waals surface area contributed by atoms with Crippen molar-refractivity contribution in [2.24, 2.45) is 5.73 Å². The number of aromatic nitrogens is 1. The predicted molar refractivity (Wildman–Crippen MR) is 88.6 cm³/mol. The van der Waals surface area contributed by atoms with Crippen molar-refractivity contribution in [3.63, 3.8) is 0 Å². The van der Waals surface area contributed by atoms with Crippen LogP contribution in [-0.4, -0.2) is 42.1 Å². The molecule has 1 atom stereocenters. The fourth-order valence-electron chi connectivity index (χ4n) is 3.24. The van der Waals surface area contributed by atoms with Gasteiger partial charge in [-0.25, -0.2) is 4.98 Å². The number of benzene rings is 1. The Kier molecular flexibility index (Phi) is 4.08. The van der Waals surface area contributed by atoms with E-state index in [0.717, 1.165) is 37.7 Å². The molecule has 0 amide bonds. The molecule has 4 nitrogen and oxygen atoms in total. The van der Waals surface area contributed by atoms with E-state index in [1.807, 2.05) is 0 Å². The number of pyridine rings is 1. The maximum absolute atomic E-state index is 5.82. The summed E-state index contributed by atoms with van der Waals surface area (Å²) in [6.07, 6.45) is 0. The molecule has 112 valence electrons. The minimum atomic E-state index is 0.488. The summed E-state index contributed by atoms with van der Waals surface area (Å²) < 4.78 is 0. The molecule has 4 heteroatoms. The van der Waals surface area contributed by atoms with Gasteiger partial charge in [-0.3, -0.25) is 4.90 Å². The minimum Gasteiger partial charge on any atom is -0.353 e. The summed E-state index contributed by atoms with van der Waals surface area (Å²) in [6, 6.07) is 11.1. The van der Waals surface area contributed by atoms with Gasteiger partial charge in [0.1, 0.15) is 5.82 Å². The Morgan fingerprint density at radius 2 is 2.10 bits per heavy atom. The Bertz CT molecular complexity index is 625. The van der Waals surface area contributed by atoms with Crippen LogP contribution in [-0.2, 0) is 6.54 Å². The molecule has 1 unspecified atom stereocenters. The number of rotatable bonds is 3. The number of likely N-dealkylation sites (N-methyl/N-ethyl adjacent to an activating group) is 1. The van der Waals surface area contributed by atoms with Gasteiger partial charge in [-0.05, 0) is 24.9 Å². The fraction of sp³-hybridized carbons (Fsp3) is 0.471. The van der Waals surface area contributed by atoms with E-state index in [4.69, 9.17) is 10.7 Å². The topological polar surface area (TPSA) is 45.4 Å². The van der Waals surface area contributed by atoms with E-state index in [1.165, 1.54) is 10.8 Å². The third-order valence-electron chi connectivity index (χ3n) is 4.45. The van der Waals surface area contributed by atoms with Gasteiger partial charge >= 0.3 is 0 Å². The highest BCUT2D eigenvalue weighted by molar-refractivity contribution is 5.92. The first-order chi connectivity index (χ1) is 10.2. The van der Waals surface area contributed by atoms with E-state index in [0.29, 0.717) is 12.6 Å². The van der Waals surface area contributed by atoms with Crippen LogP contribution >= 0.6 is 0 Å². The second kappa shape index (κ2) is 6.00. The van der Waals surface area contributed by atoms with Crippen LogP contribution in [0, 0.1) is 0 Å². The van der Waals surface area contributed by atoms with Gasteiger partial charge in [0.05, 0.1) is 5.69 Å². The van der Waals surface area contributed by atoms with Crippen LogP contribution in [0.4, 0.5) is 5.82 Å². The van der Waals surface area contributed by atoms with Crippen LogP contribution < -0.4 is 10.6 Å². The van der Waals surface area contributed by atoms with Crippen molar-refractivity contribution in [1.29, 1.82) is 0 Å². The highest BCUT2D eigenvalue weighted by Crippen LogP contribution is 2.27. The molecule has 1 aliphatic rings. The van der Waals surface area contributed by atoms with Gasteiger partial charge in [0.2, 0.25) is 0 Å². The summed E-state index contributed by atoms with van der Waals surface area (Å²) in [6.45, 7) is 9.29. The standard InChI is InChI=1S/C17H24N4/c1-3-20-8-9-21(12-13(20)2)17-16-7-5-4-6-14(16)10-15(11-18)19-17/h4-7,10,13H,3,8-9,11-12,18H2,1-2H3. The summed E-state index contributed by atoms with van der Waals surface area (Å²) in [4.78, 5) is 9.75. The van der Waals surface area contributed by atoms with Crippen molar-refractivity contribution in [2.45, 2.75) is 26.4 Å². The van der Waals surface area contributed by atoms with Crippen LogP contribution in [0.2, 0.25) is 0 Å². The first kappa shape index (κ1) is 14.3. The largest absolute Gasteiger partial charge is 0.353 e. The molecular formula is C17H24N4. The summed E-state index contributed by atoms with van der Waals surface area (Å²) in [5.41, 5.74) is 6.79. The zero-order valence-corrected chi connectivity index (χ0v) is 12.9. The number of hydrogen-bond acceptors (Lipinski definition) is 4. The first-order valence-corrected chi connectivity index (χ1v) is 7.80. The van der Waals surface area contributed by atoms with Crippen molar-refractivity contribution in [3.05, 3.63) is 36.0 Å². The molecule has 1 fully saturated rings. The van der Waals surface area contributed by atoms with Crippen LogP contribution in [0.25, 0.3) is 10.8 Å². The predicted octanol–water partition coefficient (Wildman–Crippen LogP) is 2.22. The molecule has 1 aromatic heterocycles. The lowest BCUT2D eigenvalue weighted by Crippen LogP contribution is -2.52. The maximum Gasteiger partial charge on any atom is 0.136 e. The average molecular weight is 284 g/mol. The maximum atomic E-state index is 5.82. The Hall–Kier alpha value is -1.65. The summed E-state index contributed by atoms with van der Waals surface area (Å²) >= 11 is 0. The fourth-order valence-corrected chi connectivity index (χ4v) is 3.24. The van der Waals surface area contributed by atoms with Gasteiger partial charge < -0.3 is 10.6 Å². The zero-order valence-electron chi connectivity index (χ0n) is 12.9. The monoisotopic (exact) mass is 284 g/mol. The number of nitrogens with two attached hydrogens (primary N) is 1. The molecule has 2 heterocycles. The minimum absolute atomic E-state index is 0.488. The zero-order chi connectivity index (χ0) is 14.8.